The first-order valence-corrected chi connectivity index (χ1v) is 16.3. The Hall–Kier alpha value is -3.50. The summed E-state index contributed by atoms with van der Waals surface area (Å²) >= 11 is 1.54. The first kappa shape index (κ1) is 31.0. The predicted molar refractivity (Wildman–Crippen MR) is 151 cm³/mol. The van der Waals surface area contributed by atoms with Crippen molar-refractivity contribution >= 4 is 31.9 Å². The molecule has 3 heterocycles. The molecule has 40 heavy (non-hydrogen) atoms. The number of aromatic nitrogens is 3. The maximum atomic E-state index is 11.2. The van der Waals surface area contributed by atoms with Crippen LogP contribution in [-0.4, -0.2) is 69.1 Å². The van der Waals surface area contributed by atoms with Crippen molar-refractivity contribution < 1.29 is 35.3 Å². The molecular weight excluding hydrogens is 580 g/mol. The second-order valence-corrected chi connectivity index (χ2v) is 12.4. The Morgan fingerprint density at radius 3 is 2.25 bits per heavy atom. The fourth-order valence-electron chi connectivity index (χ4n) is 3.13. The molecule has 0 fully saturated rings. The molecular formula is C25H28N4O8S3. The number of nitrogens with zero attached hydrogens (tertiary/aromatic N) is 3. The third kappa shape index (κ3) is 10.9. The van der Waals surface area contributed by atoms with Crippen LogP contribution in [0.15, 0.2) is 76.4 Å². The lowest BCUT2D eigenvalue weighted by atomic mass is 10.1. The van der Waals surface area contributed by atoms with Gasteiger partial charge in [-0.15, -0.1) is 0 Å². The van der Waals surface area contributed by atoms with E-state index in [9.17, 15) is 16.8 Å². The monoisotopic (exact) mass is 608 g/mol. The molecule has 0 radical (unpaired) electrons. The lowest BCUT2D eigenvalue weighted by Gasteiger charge is -2.07. The number of pyridine rings is 2. The normalized spacial score (nSPS) is 11.4. The summed E-state index contributed by atoms with van der Waals surface area (Å²) in [5, 5.41) is 0.881. The highest BCUT2D eigenvalue weighted by Crippen LogP contribution is 2.35. The minimum atomic E-state index is -3.67. The van der Waals surface area contributed by atoms with E-state index in [1.807, 2.05) is 36.4 Å². The molecule has 0 amide bonds. The third-order valence-corrected chi connectivity index (χ3v) is 6.38. The molecule has 0 aliphatic rings. The Labute approximate surface area is 237 Å². The number of rotatable bonds is 11. The Morgan fingerprint density at radius 2 is 1.68 bits per heavy atom. The summed E-state index contributed by atoms with van der Waals surface area (Å²) in [4.78, 5) is 13.4. The maximum absolute atomic E-state index is 11.2. The highest BCUT2D eigenvalue weighted by atomic mass is 32.2. The molecule has 0 unspecified atom stereocenters. The fraction of sp³-hybridized carbons (Fsp3) is 0.240. The zero-order chi connectivity index (χ0) is 29.2. The summed E-state index contributed by atoms with van der Waals surface area (Å²) in [5.74, 6) is 2.81. The van der Waals surface area contributed by atoms with Gasteiger partial charge < -0.3 is 13.9 Å². The van der Waals surface area contributed by atoms with E-state index >= 15 is 0 Å². The standard InChI is InChI=1S/C24H24N4O5S2.CH4O3S/c1-31-20-11-8-18(15-26-20)23-24(33-21(28-23)16-34-22-5-3-4-12-25-22)17-6-9-19(10-7-17)32-14-13-27-35(2,29)30;1-5(2,3)4/h3-12,15,27H,13-14,16H2,1-2H3;1H3,(H,2,3,4). The number of benzene rings is 1. The quantitative estimate of drug-likeness (QED) is 0.144. The van der Waals surface area contributed by atoms with Gasteiger partial charge in [0.25, 0.3) is 10.1 Å². The Kier molecular flexibility index (Phi) is 11.0. The van der Waals surface area contributed by atoms with Crippen LogP contribution in [-0.2, 0) is 25.9 Å². The number of oxazole rings is 1. The van der Waals surface area contributed by atoms with Gasteiger partial charge in [-0.3, -0.25) is 4.55 Å². The lowest BCUT2D eigenvalue weighted by molar-refractivity contribution is 0.323. The molecule has 2 N–H and O–H groups in total. The SMILES string of the molecule is COc1ccc(-c2nc(CSc3ccccn3)oc2-c2ccc(OCCNS(C)(=O)=O)cc2)cn1.CS(=O)(=O)O. The molecule has 0 saturated carbocycles. The van der Waals surface area contributed by atoms with Crippen molar-refractivity contribution in [1.82, 2.24) is 19.7 Å². The number of thioether (sulfide) groups is 1. The van der Waals surface area contributed by atoms with Gasteiger partial charge in [0.2, 0.25) is 21.8 Å². The summed E-state index contributed by atoms with van der Waals surface area (Å²) in [7, 11) is -5.35. The molecule has 3 aromatic heterocycles. The Morgan fingerprint density at radius 1 is 0.975 bits per heavy atom. The number of hydrogen-bond acceptors (Lipinski definition) is 11. The molecule has 0 spiro atoms. The molecule has 15 heteroatoms. The summed E-state index contributed by atoms with van der Waals surface area (Å²) < 4.78 is 67.5. The maximum Gasteiger partial charge on any atom is 0.261 e. The zero-order valence-corrected chi connectivity index (χ0v) is 24.3. The van der Waals surface area contributed by atoms with Crippen LogP contribution in [0, 0.1) is 0 Å². The van der Waals surface area contributed by atoms with E-state index in [-0.39, 0.29) is 13.2 Å². The van der Waals surface area contributed by atoms with Crippen molar-refractivity contribution in [2.45, 2.75) is 10.8 Å². The van der Waals surface area contributed by atoms with Crippen LogP contribution in [0.4, 0.5) is 0 Å². The molecule has 0 atom stereocenters. The van der Waals surface area contributed by atoms with Crippen molar-refractivity contribution in [3.63, 3.8) is 0 Å². The van der Waals surface area contributed by atoms with Gasteiger partial charge in [0.05, 0.1) is 30.4 Å². The van der Waals surface area contributed by atoms with E-state index in [2.05, 4.69) is 14.7 Å². The molecule has 214 valence electrons. The minimum Gasteiger partial charge on any atom is -0.492 e. The van der Waals surface area contributed by atoms with Crippen LogP contribution in [0.2, 0.25) is 0 Å². The van der Waals surface area contributed by atoms with Crippen LogP contribution < -0.4 is 14.2 Å². The van der Waals surface area contributed by atoms with E-state index in [1.54, 1.807) is 37.7 Å². The van der Waals surface area contributed by atoms with E-state index < -0.39 is 20.1 Å². The van der Waals surface area contributed by atoms with Crippen molar-refractivity contribution in [1.29, 1.82) is 0 Å². The number of nitrogens with one attached hydrogen (secondary N) is 1. The molecule has 0 aliphatic carbocycles. The van der Waals surface area contributed by atoms with Gasteiger partial charge >= 0.3 is 0 Å². The average Bonchev–Trinajstić information content (AvgIpc) is 3.34. The van der Waals surface area contributed by atoms with Gasteiger partial charge in [-0.25, -0.2) is 28.1 Å². The number of methoxy groups -OCH3 is 1. The van der Waals surface area contributed by atoms with E-state index in [4.69, 9.17) is 23.4 Å². The molecule has 4 rings (SSSR count). The second-order valence-electron chi connectivity index (χ2n) is 8.10. The fourth-order valence-corrected chi connectivity index (χ4v) is 4.28. The lowest BCUT2D eigenvalue weighted by Crippen LogP contribution is -2.26. The van der Waals surface area contributed by atoms with Crippen molar-refractivity contribution in [3.8, 4) is 34.2 Å². The molecule has 0 saturated heterocycles. The topological polar surface area (TPSA) is 171 Å². The minimum absolute atomic E-state index is 0.189. The summed E-state index contributed by atoms with van der Waals surface area (Å²) in [6.07, 6.45) is 5.27. The second kappa shape index (κ2) is 14.2. The molecule has 0 bridgehead atoms. The van der Waals surface area contributed by atoms with Crippen LogP contribution >= 0.6 is 11.8 Å². The molecule has 4 aromatic rings. The first-order chi connectivity index (χ1) is 18.9. The number of ether oxygens (including phenoxy) is 2. The predicted octanol–water partition coefficient (Wildman–Crippen LogP) is 3.53. The largest absolute Gasteiger partial charge is 0.492 e. The third-order valence-electron chi connectivity index (χ3n) is 4.72. The number of hydrogen-bond donors (Lipinski definition) is 2. The molecule has 12 nitrogen and oxygen atoms in total. The average molecular weight is 609 g/mol. The van der Waals surface area contributed by atoms with Crippen LogP contribution in [0.3, 0.4) is 0 Å². The molecule has 1 aromatic carbocycles. The Bertz CT molecular complexity index is 1570. The number of sulfonamides is 1. The first-order valence-electron chi connectivity index (χ1n) is 11.6. The van der Waals surface area contributed by atoms with Crippen molar-refractivity contribution in [2.75, 3.05) is 32.8 Å². The van der Waals surface area contributed by atoms with E-state index in [0.29, 0.717) is 41.0 Å². The van der Waals surface area contributed by atoms with Gasteiger partial charge in [-0.05, 0) is 42.5 Å². The highest BCUT2D eigenvalue weighted by Gasteiger charge is 2.18. The zero-order valence-electron chi connectivity index (χ0n) is 21.8. The molecule has 0 aliphatic heterocycles. The van der Waals surface area contributed by atoms with E-state index in [1.165, 1.54) is 11.8 Å². The van der Waals surface area contributed by atoms with Crippen LogP contribution in [0.1, 0.15) is 5.89 Å². The van der Waals surface area contributed by atoms with Gasteiger partial charge in [-0.1, -0.05) is 17.8 Å². The summed E-state index contributed by atoms with van der Waals surface area (Å²) in [6, 6.07) is 16.8. The van der Waals surface area contributed by atoms with Crippen LogP contribution in [0.5, 0.6) is 11.6 Å². The van der Waals surface area contributed by atoms with Crippen LogP contribution in [0.25, 0.3) is 22.6 Å². The summed E-state index contributed by atoms with van der Waals surface area (Å²) in [6.45, 7) is 0.404. The van der Waals surface area contributed by atoms with Crippen molar-refractivity contribution in [2.24, 2.45) is 0 Å². The van der Waals surface area contributed by atoms with Crippen molar-refractivity contribution in [3.05, 3.63) is 72.9 Å². The van der Waals surface area contributed by atoms with Gasteiger partial charge in [0.15, 0.2) is 5.76 Å². The summed E-state index contributed by atoms with van der Waals surface area (Å²) in [5.41, 5.74) is 2.28. The van der Waals surface area contributed by atoms with Gasteiger partial charge in [0.1, 0.15) is 18.1 Å². The Balaban J connectivity index is 0.000000810. The highest BCUT2D eigenvalue weighted by molar-refractivity contribution is 7.98. The van der Waals surface area contributed by atoms with E-state index in [0.717, 1.165) is 22.4 Å². The smallest absolute Gasteiger partial charge is 0.261 e. The van der Waals surface area contributed by atoms with Gasteiger partial charge in [-0.2, -0.15) is 8.42 Å². The van der Waals surface area contributed by atoms with Gasteiger partial charge in [0, 0.05) is 36.1 Å².